The summed E-state index contributed by atoms with van der Waals surface area (Å²) in [5.74, 6) is 6.77. The molecule has 4 unspecified atom stereocenters. The van der Waals surface area contributed by atoms with Gasteiger partial charge in [-0.3, -0.25) is 0 Å². The quantitative estimate of drug-likeness (QED) is 0.864. The second-order valence-electron chi connectivity index (χ2n) is 6.02. The highest BCUT2D eigenvalue weighted by Crippen LogP contribution is 2.73. The summed E-state index contributed by atoms with van der Waals surface area (Å²) >= 11 is 0. The van der Waals surface area contributed by atoms with Crippen molar-refractivity contribution in [3.05, 3.63) is 17.8 Å². The standard InChI is InChI=1S/C14H20N2O/c1-15-5-4-11-16-7-10(17-11)14-12-8-2-3-9(6-8)13(12)14/h7-9,12-15H,2-6H2,1H3. The monoisotopic (exact) mass is 232 g/mol. The number of oxazole rings is 1. The van der Waals surface area contributed by atoms with Crippen LogP contribution in [-0.4, -0.2) is 18.6 Å². The summed E-state index contributed by atoms with van der Waals surface area (Å²) in [7, 11) is 1.97. The van der Waals surface area contributed by atoms with Gasteiger partial charge in [0.25, 0.3) is 0 Å². The van der Waals surface area contributed by atoms with Crippen molar-refractivity contribution in [1.82, 2.24) is 10.3 Å². The van der Waals surface area contributed by atoms with Gasteiger partial charge in [-0.15, -0.1) is 0 Å². The lowest BCUT2D eigenvalue weighted by Gasteiger charge is -2.05. The Labute approximate surface area is 102 Å². The molecule has 0 spiro atoms. The third kappa shape index (κ3) is 1.41. The Balaban J connectivity index is 1.48. The van der Waals surface area contributed by atoms with Crippen LogP contribution in [0.4, 0.5) is 0 Å². The number of hydrogen-bond acceptors (Lipinski definition) is 3. The Bertz CT molecular complexity index is 412. The predicted octanol–water partition coefficient (Wildman–Crippen LogP) is 2.20. The van der Waals surface area contributed by atoms with Gasteiger partial charge >= 0.3 is 0 Å². The van der Waals surface area contributed by atoms with Gasteiger partial charge in [-0.05, 0) is 50.0 Å². The van der Waals surface area contributed by atoms with Crippen molar-refractivity contribution >= 4 is 0 Å². The Morgan fingerprint density at radius 3 is 2.82 bits per heavy atom. The van der Waals surface area contributed by atoms with Crippen LogP contribution in [-0.2, 0) is 6.42 Å². The zero-order chi connectivity index (χ0) is 11.4. The number of hydrogen-bond donors (Lipinski definition) is 1. The van der Waals surface area contributed by atoms with E-state index in [1.54, 1.807) is 0 Å². The molecule has 0 radical (unpaired) electrons. The Morgan fingerprint density at radius 2 is 2.12 bits per heavy atom. The summed E-state index contributed by atoms with van der Waals surface area (Å²) in [5, 5.41) is 3.13. The highest BCUT2D eigenvalue weighted by molar-refractivity contribution is 5.25. The molecule has 0 amide bonds. The van der Waals surface area contributed by atoms with Crippen LogP contribution in [0.5, 0.6) is 0 Å². The van der Waals surface area contributed by atoms with Gasteiger partial charge in [-0.2, -0.15) is 0 Å². The minimum absolute atomic E-state index is 0.733. The van der Waals surface area contributed by atoms with Crippen LogP contribution < -0.4 is 5.32 Å². The molecule has 1 aromatic heterocycles. The van der Waals surface area contributed by atoms with Gasteiger partial charge in [0.15, 0.2) is 5.89 Å². The lowest BCUT2D eigenvalue weighted by molar-refractivity contribution is 0.415. The zero-order valence-corrected chi connectivity index (χ0v) is 10.4. The van der Waals surface area contributed by atoms with E-state index in [0.29, 0.717) is 0 Å². The van der Waals surface area contributed by atoms with Crippen LogP contribution in [0.25, 0.3) is 0 Å². The highest BCUT2D eigenvalue weighted by atomic mass is 16.4. The molecule has 3 aliphatic rings. The molecule has 92 valence electrons. The molecule has 1 N–H and O–H groups in total. The van der Waals surface area contributed by atoms with Crippen molar-refractivity contribution in [2.24, 2.45) is 23.7 Å². The van der Waals surface area contributed by atoms with E-state index in [1.165, 1.54) is 25.0 Å². The molecule has 0 saturated heterocycles. The van der Waals surface area contributed by atoms with Crippen LogP contribution in [0.2, 0.25) is 0 Å². The van der Waals surface area contributed by atoms with Crippen molar-refractivity contribution in [3.8, 4) is 0 Å². The molecule has 3 saturated carbocycles. The number of nitrogens with zero attached hydrogens (tertiary/aromatic N) is 1. The van der Waals surface area contributed by atoms with Crippen molar-refractivity contribution in [2.45, 2.75) is 31.6 Å². The second kappa shape index (κ2) is 3.58. The fourth-order valence-corrected chi connectivity index (χ4v) is 4.53. The van der Waals surface area contributed by atoms with Crippen LogP contribution in [0.15, 0.2) is 10.6 Å². The molecule has 0 aromatic carbocycles. The number of aromatic nitrogens is 1. The smallest absolute Gasteiger partial charge is 0.195 e. The highest BCUT2D eigenvalue weighted by Gasteiger charge is 2.66. The van der Waals surface area contributed by atoms with E-state index in [2.05, 4.69) is 10.3 Å². The van der Waals surface area contributed by atoms with E-state index >= 15 is 0 Å². The molecule has 4 atom stereocenters. The molecule has 1 aromatic rings. The SMILES string of the molecule is CNCCc1ncc(C2C3C4CCC(C4)C23)o1. The van der Waals surface area contributed by atoms with Gasteiger partial charge in [-0.1, -0.05) is 0 Å². The van der Waals surface area contributed by atoms with Crippen molar-refractivity contribution in [3.63, 3.8) is 0 Å². The maximum absolute atomic E-state index is 5.92. The van der Waals surface area contributed by atoms with Gasteiger partial charge in [0.05, 0.1) is 6.20 Å². The fraction of sp³-hybridized carbons (Fsp3) is 0.786. The molecule has 17 heavy (non-hydrogen) atoms. The van der Waals surface area contributed by atoms with E-state index in [9.17, 15) is 0 Å². The molecule has 0 aliphatic heterocycles. The van der Waals surface area contributed by atoms with Gasteiger partial charge in [0, 0.05) is 18.9 Å². The van der Waals surface area contributed by atoms with Crippen LogP contribution in [0.3, 0.4) is 0 Å². The van der Waals surface area contributed by atoms with Crippen molar-refractivity contribution < 1.29 is 4.42 Å². The van der Waals surface area contributed by atoms with E-state index < -0.39 is 0 Å². The lowest BCUT2D eigenvalue weighted by atomic mass is 10.0. The summed E-state index contributed by atoms with van der Waals surface area (Å²) in [4.78, 5) is 4.41. The first-order valence-electron chi connectivity index (χ1n) is 6.97. The minimum atomic E-state index is 0.733. The van der Waals surface area contributed by atoms with Crippen molar-refractivity contribution in [2.75, 3.05) is 13.6 Å². The average molecular weight is 232 g/mol. The zero-order valence-electron chi connectivity index (χ0n) is 10.4. The maximum Gasteiger partial charge on any atom is 0.195 e. The first-order valence-corrected chi connectivity index (χ1v) is 6.97. The number of likely N-dealkylation sites (N-methyl/N-ethyl adjacent to an activating group) is 1. The topological polar surface area (TPSA) is 38.1 Å². The molecule has 2 bridgehead atoms. The maximum atomic E-state index is 5.92. The summed E-state index contributed by atoms with van der Waals surface area (Å²) in [6, 6.07) is 0. The summed E-state index contributed by atoms with van der Waals surface area (Å²) in [6.07, 6.45) is 7.36. The minimum Gasteiger partial charge on any atom is -0.445 e. The first kappa shape index (κ1) is 10.1. The molecule has 3 heteroatoms. The Morgan fingerprint density at radius 1 is 1.35 bits per heavy atom. The number of nitrogens with one attached hydrogen (secondary N) is 1. The molecule has 3 nitrogen and oxygen atoms in total. The van der Waals surface area contributed by atoms with E-state index in [-0.39, 0.29) is 0 Å². The molecule has 1 heterocycles. The van der Waals surface area contributed by atoms with Crippen LogP contribution in [0, 0.1) is 23.7 Å². The Hall–Kier alpha value is -0.830. The first-order chi connectivity index (χ1) is 8.38. The average Bonchev–Trinajstić information content (AvgIpc) is 2.78. The number of rotatable bonds is 4. The van der Waals surface area contributed by atoms with Gasteiger partial charge in [0.1, 0.15) is 5.76 Å². The lowest BCUT2D eigenvalue weighted by Crippen LogP contribution is -2.10. The largest absolute Gasteiger partial charge is 0.445 e. The van der Waals surface area contributed by atoms with E-state index in [0.717, 1.165) is 48.4 Å². The second-order valence-corrected chi connectivity index (χ2v) is 6.02. The third-order valence-electron chi connectivity index (χ3n) is 5.22. The van der Waals surface area contributed by atoms with Gasteiger partial charge in [0.2, 0.25) is 0 Å². The van der Waals surface area contributed by atoms with E-state index in [1.807, 2.05) is 13.2 Å². The number of fused-ring (bicyclic) bond motifs is 5. The molecule has 3 fully saturated rings. The summed E-state index contributed by atoms with van der Waals surface area (Å²) in [5.41, 5.74) is 0. The van der Waals surface area contributed by atoms with Gasteiger partial charge < -0.3 is 9.73 Å². The van der Waals surface area contributed by atoms with E-state index in [4.69, 9.17) is 4.42 Å². The Kier molecular flexibility index (Phi) is 2.13. The van der Waals surface area contributed by atoms with Gasteiger partial charge in [-0.25, -0.2) is 4.98 Å². The molecular weight excluding hydrogens is 212 g/mol. The fourth-order valence-electron chi connectivity index (χ4n) is 4.53. The third-order valence-corrected chi connectivity index (χ3v) is 5.22. The molecule has 3 aliphatic carbocycles. The summed E-state index contributed by atoms with van der Waals surface area (Å²) in [6.45, 7) is 0.947. The molecule has 4 rings (SSSR count). The normalized spacial score (nSPS) is 41.8. The van der Waals surface area contributed by atoms with Crippen LogP contribution in [0.1, 0.15) is 36.8 Å². The summed E-state index contributed by atoms with van der Waals surface area (Å²) < 4.78 is 5.92. The predicted molar refractivity (Wildman–Crippen MR) is 64.7 cm³/mol. The van der Waals surface area contributed by atoms with Crippen LogP contribution >= 0.6 is 0 Å². The van der Waals surface area contributed by atoms with Crippen molar-refractivity contribution in [1.29, 1.82) is 0 Å². The molecular formula is C14H20N2O.